The van der Waals surface area contributed by atoms with Crippen LogP contribution in [0, 0.1) is 5.92 Å². The predicted molar refractivity (Wildman–Crippen MR) is 93.5 cm³/mol. The second-order valence-corrected chi connectivity index (χ2v) is 7.66. The van der Waals surface area contributed by atoms with Gasteiger partial charge in [0.15, 0.2) is 0 Å². The van der Waals surface area contributed by atoms with Crippen molar-refractivity contribution in [3.8, 4) is 10.6 Å². The van der Waals surface area contributed by atoms with Crippen LogP contribution in [0.15, 0.2) is 30.3 Å². The number of piperidine rings is 1. The number of benzene rings is 1. The number of carbonyl (C=O) groups excluding carboxylic acids is 1. The Balaban J connectivity index is 1.51. The van der Waals surface area contributed by atoms with E-state index in [1.807, 2.05) is 6.07 Å². The highest BCUT2D eigenvalue weighted by Gasteiger charge is 2.31. The Bertz CT molecular complexity index is 689. The third-order valence-corrected chi connectivity index (χ3v) is 6.15. The van der Waals surface area contributed by atoms with E-state index < -0.39 is 0 Å². The molecule has 3 nitrogen and oxygen atoms in total. The third kappa shape index (κ3) is 3.05. The van der Waals surface area contributed by atoms with Gasteiger partial charge in [-0.05, 0) is 38.5 Å². The minimum Gasteiger partial charge on any atom is -0.342 e. The largest absolute Gasteiger partial charge is 0.342 e. The Hall–Kier alpha value is -1.68. The van der Waals surface area contributed by atoms with Crippen molar-refractivity contribution in [3.63, 3.8) is 0 Å². The molecule has 1 aromatic carbocycles. The van der Waals surface area contributed by atoms with Crippen LogP contribution in [-0.2, 0) is 17.6 Å². The van der Waals surface area contributed by atoms with Gasteiger partial charge in [0, 0.05) is 29.4 Å². The van der Waals surface area contributed by atoms with Gasteiger partial charge in [-0.25, -0.2) is 4.98 Å². The standard InChI is InChI=1S/C19H22N2OS/c22-19(21-11-5-2-6-12-21)15-9-10-16-17(13-15)23-18(20-16)14-7-3-1-4-8-14/h1,3-4,7-8,15H,2,5-6,9-13H2. The quantitative estimate of drug-likeness (QED) is 0.838. The molecule has 23 heavy (non-hydrogen) atoms. The van der Waals surface area contributed by atoms with Crippen LogP contribution in [-0.4, -0.2) is 28.9 Å². The number of nitrogens with zero attached hydrogens (tertiary/aromatic N) is 2. The molecule has 1 amide bonds. The van der Waals surface area contributed by atoms with Gasteiger partial charge < -0.3 is 4.90 Å². The summed E-state index contributed by atoms with van der Waals surface area (Å²) in [5.41, 5.74) is 2.40. The first-order valence-corrected chi connectivity index (χ1v) is 9.46. The summed E-state index contributed by atoms with van der Waals surface area (Å²) in [6, 6.07) is 10.4. The lowest BCUT2D eigenvalue weighted by Gasteiger charge is -2.31. The van der Waals surface area contributed by atoms with Crippen LogP contribution < -0.4 is 0 Å². The molecule has 1 aliphatic carbocycles. The number of hydrogen-bond acceptors (Lipinski definition) is 3. The SMILES string of the molecule is O=C(C1CCc2nc(-c3ccccc3)sc2C1)N1CCCCC1. The third-order valence-electron chi connectivity index (χ3n) is 4.98. The minimum absolute atomic E-state index is 0.171. The average Bonchev–Trinajstić information content (AvgIpc) is 3.06. The number of fused-ring (bicyclic) bond motifs is 1. The number of hydrogen-bond donors (Lipinski definition) is 0. The van der Waals surface area contributed by atoms with Gasteiger partial charge in [0.25, 0.3) is 0 Å². The number of carbonyl (C=O) groups is 1. The van der Waals surface area contributed by atoms with E-state index in [0.717, 1.165) is 37.4 Å². The van der Waals surface area contributed by atoms with E-state index in [0.29, 0.717) is 5.91 Å². The molecule has 2 aromatic rings. The van der Waals surface area contributed by atoms with Crippen LogP contribution in [0.2, 0.25) is 0 Å². The zero-order chi connectivity index (χ0) is 15.6. The van der Waals surface area contributed by atoms with Gasteiger partial charge >= 0.3 is 0 Å². The van der Waals surface area contributed by atoms with Crippen LogP contribution in [0.4, 0.5) is 0 Å². The summed E-state index contributed by atoms with van der Waals surface area (Å²) in [6.45, 7) is 1.92. The van der Waals surface area contributed by atoms with E-state index in [9.17, 15) is 4.79 Å². The summed E-state index contributed by atoms with van der Waals surface area (Å²) >= 11 is 1.77. The summed E-state index contributed by atoms with van der Waals surface area (Å²) in [4.78, 5) is 21.0. The molecule has 1 aromatic heterocycles. The molecule has 4 rings (SSSR count). The molecule has 0 spiro atoms. The molecule has 1 aliphatic heterocycles. The Kier molecular flexibility index (Phi) is 4.17. The molecule has 0 saturated carbocycles. The number of likely N-dealkylation sites (tertiary alicyclic amines) is 1. The Morgan fingerprint density at radius 2 is 1.91 bits per heavy atom. The number of aromatic nitrogens is 1. The monoisotopic (exact) mass is 326 g/mol. The maximum absolute atomic E-state index is 12.7. The molecule has 2 heterocycles. The van der Waals surface area contributed by atoms with Gasteiger partial charge in [-0.1, -0.05) is 30.3 Å². The summed E-state index contributed by atoms with van der Waals surface area (Å²) in [7, 11) is 0. The van der Waals surface area contributed by atoms with Crippen molar-refractivity contribution in [2.75, 3.05) is 13.1 Å². The zero-order valence-electron chi connectivity index (χ0n) is 13.3. The van der Waals surface area contributed by atoms with E-state index in [1.165, 1.54) is 35.4 Å². The molecular weight excluding hydrogens is 304 g/mol. The van der Waals surface area contributed by atoms with Crippen LogP contribution in [0.5, 0.6) is 0 Å². The molecule has 1 atom stereocenters. The van der Waals surface area contributed by atoms with E-state index in [1.54, 1.807) is 11.3 Å². The van der Waals surface area contributed by atoms with Crippen LogP contribution in [0.3, 0.4) is 0 Å². The van der Waals surface area contributed by atoms with E-state index in [4.69, 9.17) is 4.98 Å². The second-order valence-electron chi connectivity index (χ2n) is 6.58. The predicted octanol–water partition coefficient (Wildman–Crippen LogP) is 3.93. The fourth-order valence-electron chi connectivity index (χ4n) is 3.66. The number of aryl methyl sites for hydroxylation is 1. The summed E-state index contributed by atoms with van der Waals surface area (Å²) in [5.74, 6) is 0.551. The first-order valence-electron chi connectivity index (χ1n) is 8.64. The number of rotatable bonds is 2. The lowest BCUT2D eigenvalue weighted by atomic mass is 9.89. The molecule has 0 bridgehead atoms. The molecule has 1 fully saturated rings. The van der Waals surface area contributed by atoms with Crippen LogP contribution in [0.1, 0.15) is 36.3 Å². The van der Waals surface area contributed by atoms with Gasteiger partial charge in [0.05, 0.1) is 5.69 Å². The maximum atomic E-state index is 12.7. The fourth-order valence-corrected chi connectivity index (χ4v) is 4.86. The lowest BCUT2D eigenvalue weighted by molar-refractivity contribution is -0.136. The molecule has 1 saturated heterocycles. The Morgan fingerprint density at radius 3 is 2.70 bits per heavy atom. The fraction of sp³-hybridized carbons (Fsp3) is 0.474. The van der Waals surface area contributed by atoms with Gasteiger partial charge in [0.1, 0.15) is 5.01 Å². The highest BCUT2D eigenvalue weighted by Crippen LogP contribution is 2.35. The van der Waals surface area contributed by atoms with Crippen molar-refractivity contribution in [1.29, 1.82) is 0 Å². The van der Waals surface area contributed by atoms with Crippen molar-refractivity contribution >= 4 is 17.2 Å². The highest BCUT2D eigenvalue weighted by atomic mass is 32.1. The normalized spacial score (nSPS) is 21.0. The first kappa shape index (κ1) is 14.9. The minimum atomic E-state index is 0.171. The van der Waals surface area contributed by atoms with Crippen LogP contribution in [0.25, 0.3) is 10.6 Å². The van der Waals surface area contributed by atoms with E-state index >= 15 is 0 Å². The van der Waals surface area contributed by atoms with Crippen molar-refractivity contribution in [1.82, 2.24) is 9.88 Å². The summed E-state index contributed by atoms with van der Waals surface area (Å²) in [6.07, 6.45) is 6.40. The first-order chi connectivity index (χ1) is 11.3. The van der Waals surface area contributed by atoms with E-state index in [-0.39, 0.29) is 5.92 Å². The molecule has 0 N–H and O–H groups in total. The lowest BCUT2D eigenvalue weighted by Crippen LogP contribution is -2.41. The second kappa shape index (κ2) is 6.44. The molecule has 4 heteroatoms. The molecule has 1 unspecified atom stereocenters. The van der Waals surface area contributed by atoms with Crippen molar-refractivity contribution in [2.24, 2.45) is 5.92 Å². The highest BCUT2D eigenvalue weighted by molar-refractivity contribution is 7.15. The average molecular weight is 326 g/mol. The number of amides is 1. The zero-order valence-corrected chi connectivity index (χ0v) is 14.1. The molecule has 120 valence electrons. The van der Waals surface area contributed by atoms with Crippen molar-refractivity contribution < 1.29 is 4.79 Å². The molecule has 2 aliphatic rings. The molecule has 0 radical (unpaired) electrons. The van der Waals surface area contributed by atoms with E-state index in [2.05, 4.69) is 29.2 Å². The smallest absolute Gasteiger partial charge is 0.226 e. The number of thiazole rings is 1. The summed E-state index contributed by atoms with van der Waals surface area (Å²) < 4.78 is 0. The van der Waals surface area contributed by atoms with Gasteiger partial charge in [-0.15, -0.1) is 11.3 Å². The maximum Gasteiger partial charge on any atom is 0.226 e. The van der Waals surface area contributed by atoms with Gasteiger partial charge in [0.2, 0.25) is 5.91 Å². The van der Waals surface area contributed by atoms with Crippen molar-refractivity contribution in [3.05, 3.63) is 40.9 Å². The Labute approximate surface area is 141 Å². The Morgan fingerprint density at radius 1 is 1.13 bits per heavy atom. The van der Waals surface area contributed by atoms with Gasteiger partial charge in [-0.3, -0.25) is 4.79 Å². The summed E-state index contributed by atoms with van der Waals surface area (Å²) in [5, 5.41) is 1.10. The molecular formula is C19H22N2OS. The van der Waals surface area contributed by atoms with Gasteiger partial charge in [-0.2, -0.15) is 0 Å². The van der Waals surface area contributed by atoms with Crippen LogP contribution >= 0.6 is 11.3 Å². The van der Waals surface area contributed by atoms with Crippen molar-refractivity contribution in [2.45, 2.75) is 38.5 Å². The topological polar surface area (TPSA) is 33.2 Å².